The molecule has 0 radical (unpaired) electrons. The van der Waals surface area contributed by atoms with Crippen LogP contribution < -0.4 is 5.32 Å². The minimum Gasteiger partial charge on any atom is -0.507 e. The number of carbonyl (C=O) groups excluding carboxylic acids is 1. The van der Waals surface area contributed by atoms with Crippen molar-refractivity contribution in [2.45, 2.75) is 0 Å². The van der Waals surface area contributed by atoms with Gasteiger partial charge in [-0.25, -0.2) is 9.79 Å². The molecule has 0 atom stereocenters. The molecule has 132 valence electrons. The second-order valence-electron chi connectivity index (χ2n) is 5.12. The van der Waals surface area contributed by atoms with E-state index < -0.39 is 5.97 Å². The standard InChI is InChI=1S/C17H10Cl2N2O4S/c18-11-2-1-3-12(19)9(11)7-14-15(23)21-17(26-14)20-8-4-5-13(22)10(6-8)16(24)25/h1-7,22H,(H,24,25)(H,20,21,23)/b14-7-. The van der Waals surface area contributed by atoms with Gasteiger partial charge in [-0.1, -0.05) is 29.3 Å². The highest BCUT2D eigenvalue weighted by Gasteiger charge is 2.24. The van der Waals surface area contributed by atoms with Crippen LogP contribution in [0.25, 0.3) is 6.08 Å². The molecule has 0 aromatic heterocycles. The molecule has 26 heavy (non-hydrogen) atoms. The number of amides is 1. The highest BCUT2D eigenvalue weighted by Crippen LogP contribution is 2.33. The highest BCUT2D eigenvalue weighted by atomic mass is 35.5. The average molecular weight is 409 g/mol. The largest absolute Gasteiger partial charge is 0.507 e. The van der Waals surface area contributed by atoms with E-state index in [1.54, 1.807) is 24.3 Å². The van der Waals surface area contributed by atoms with Gasteiger partial charge in [-0.2, -0.15) is 0 Å². The Labute approximate surface area is 162 Å². The normalized spacial score (nSPS) is 16.9. The van der Waals surface area contributed by atoms with Crippen molar-refractivity contribution < 1.29 is 19.8 Å². The summed E-state index contributed by atoms with van der Waals surface area (Å²) in [5, 5.41) is 22.2. The lowest BCUT2D eigenvalue weighted by molar-refractivity contribution is -0.115. The summed E-state index contributed by atoms with van der Waals surface area (Å²) in [6.45, 7) is 0. The van der Waals surface area contributed by atoms with Crippen LogP contribution in [0.3, 0.4) is 0 Å². The molecule has 3 rings (SSSR count). The van der Waals surface area contributed by atoms with Gasteiger partial charge in [0.25, 0.3) is 5.91 Å². The maximum Gasteiger partial charge on any atom is 0.339 e. The third kappa shape index (κ3) is 3.85. The molecule has 6 nitrogen and oxygen atoms in total. The monoisotopic (exact) mass is 408 g/mol. The fourth-order valence-corrected chi connectivity index (χ4v) is 3.47. The average Bonchev–Trinajstić information content (AvgIpc) is 2.92. The van der Waals surface area contributed by atoms with Gasteiger partial charge in [-0.05, 0) is 48.2 Å². The molecule has 1 saturated heterocycles. The second-order valence-corrected chi connectivity index (χ2v) is 6.97. The van der Waals surface area contributed by atoms with Crippen LogP contribution >= 0.6 is 35.0 Å². The number of thioether (sulfide) groups is 1. The fourth-order valence-electron chi connectivity index (χ4n) is 2.14. The first-order chi connectivity index (χ1) is 12.3. The predicted molar refractivity (Wildman–Crippen MR) is 102 cm³/mol. The molecule has 1 heterocycles. The quantitative estimate of drug-likeness (QED) is 0.657. The maximum absolute atomic E-state index is 12.1. The highest BCUT2D eigenvalue weighted by molar-refractivity contribution is 8.18. The lowest BCUT2D eigenvalue weighted by atomic mass is 10.2. The van der Waals surface area contributed by atoms with Crippen molar-refractivity contribution in [2.24, 2.45) is 4.99 Å². The topological polar surface area (TPSA) is 99.0 Å². The van der Waals surface area contributed by atoms with E-state index in [9.17, 15) is 14.7 Å². The van der Waals surface area contributed by atoms with E-state index in [1.165, 1.54) is 18.2 Å². The number of halogens is 2. The first-order valence-electron chi connectivity index (χ1n) is 7.15. The number of nitrogens with one attached hydrogen (secondary N) is 1. The Hall–Kier alpha value is -2.48. The number of aromatic carboxylic acids is 1. The molecule has 0 unspecified atom stereocenters. The van der Waals surface area contributed by atoms with E-state index >= 15 is 0 Å². The summed E-state index contributed by atoms with van der Waals surface area (Å²) < 4.78 is 0. The summed E-state index contributed by atoms with van der Waals surface area (Å²) in [5.41, 5.74) is 0.521. The Kier molecular flexibility index (Phi) is 5.22. The SMILES string of the molecule is O=C1NC(=Nc2ccc(O)c(C(=O)O)c2)S/C1=C\c1c(Cl)cccc1Cl. The zero-order chi connectivity index (χ0) is 18.8. The smallest absolute Gasteiger partial charge is 0.339 e. The molecule has 1 aliphatic heterocycles. The van der Waals surface area contributed by atoms with Crippen LogP contribution in [-0.2, 0) is 4.79 Å². The van der Waals surface area contributed by atoms with Crippen LogP contribution in [0, 0.1) is 0 Å². The maximum atomic E-state index is 12.1. The van der Waals surface area contributed by atoms with E-state index in [0.717, 1.165) is 11.8 Å². The Morgan fingerprint density at radius 1 is 1.19 bits per heavy atom. The van der Waals surface area contributed by atoms with Crippen LogP contribution in [0.5, 0.6) is 5.75 Å². The van der Waals surface area contributed by atoms with Gasteiger partial charge in [0, 0.05) is 15.6 Å². The summed E-state index contributed by atoms with van der Waals surface area (Å²) in [4.78, 5) is 27.7. The van der Waals surface area contributed by atoms with Crippen LogP contribution in [0.2, 0.25) is 10.0 Å². The summed E-state index contributed by atoms with van der Waals surface area (Å²) in [5.74, 6) is -2.01. The van der Waals surface area contributed by atoms with Gasteiger partial charge < -0.3 is 15.5 Å². The number of carbonyl (C=O) groups is 2. The van der Waals surface area contributed by atoms with Gasteiger partial charge in [-0.15, -0.1) is 0 Å². The lowest BCUT2D eigenvalue weighted by Gasteiger charge is -2.02. The molecule has 2 aromatic carbocycles. The molecule has 0 spiro atoms. The van der Waals surface area contributed by atoms with Gasteiger partial charge >= 0.3 is 5.97 Å². The number of benzene rings is 2. The third-order valence-corrected chi connectivity index (χ3v) is 4.94. The summed E-state index contributed by atoms with van der Waals surface area (Å²) in [7, 11) is 0. The van der Waals surface area contributed by atoms with Crippen molar-refractivity contribution in [3.8, 4) is 5.75 Å². The van der Waals surface area contributed by atoms with Gasteiger partial charge in [0.2, 0.25) is 0 Å². The van der Waals surface area contributed by atoms with Gasteiger partial charge in [0.15, 0.2) is 5.17 Å². The first kappa shape index (κ1) is 18.3. The van der Waals surface area contributed by atoms with Crippen LogP contribution in [0.4, 0.5) is 5.69 Å². The number of carboxylic acid groups (broad SMARTS) is 1. The van der Waals surface area contributed by atoms with Gasteiger partial charge in [-0.3, -0.25) is 4.79 Å². The number of amidine groups is 1. The number of phenols is 1. The van der Waals surface area contributed by atoms with E-state index in [0.29, 0.717) is 20.5 Å². The molecule has 0 aliphatic carbocycles. The molecular weight excluding hydrogens is 399 g/mol. The molecule has 1 fully saturated rings. The number of carboxylic acids is 1. The van der Waals surface area contributed by atoms with E-state index in [4.69, 9.17) is 28.3 Å². The molecule has 3 N–H and O–H groups in total. The van der Waals surface area contributed by atoms with Crippen molar-refractivity contribution >= 4 is 63.8 Å². The number of aromatic hydroxyl groups is 1. The lowest BCUT2D eigenvalue weighted by Crippen LogP contribution is -2.19. The zero-order valence-electron chi connectivity index (χ0n) is 12.9. The van der Waals surface area contributed by atoms with Gasteiger partial charge in [0.1, 0.15) is 11.3 Å². The van der Waals surface area contributed by atoms with Crippen LogP contribution in [0.1, 0.15) is 15.9 Å². The van der Waals surface area contributed by atoms with Gasteiger partial charge in [0.05, 0.1) is 10.6 Å². The van der Waals surface area contributed by atoms with Crippen molar-refractivity contribution in [2.75, 3.05) is 0 Å². The van der Waals surface area contributed by atoms with Crippen molar-refractivity contribution in [1.82, 2.24) is 5.32 Å². The number of hydrogen-bond donors (Lipinski definition) is 3. The van der Waals surface area contributed by atoms with Crippen LogP contribution in [0.15, 0.2) is 46.3 Å². The molecule has 1 amide bonds. The zero-order valence-corrected chi connectivity index (χ0v) is 15.2. The second kappa shape index (κ2) is 7.41. The number of aliphatic imine (C=N–C) groups is 1. The minimum absolute atomic E-state index is 0.270. The molecule has 0 bridgehead atoms. The Balaban J connectivity index is 1.91. The predicted octanol–water partition coefficient (Wildman–Crippen LogP) is 4.29. The number of nitrogens with zero attached hydrogens (tertiary/aromatic N) is 1. The summed E-state index contributed by atoms with van der Waals surface area (Å²) in [6.07, 6.45) is 1.56. The van der Waals surface area contributed by atoms with E-state index in [2.05, 4.69) is 10.3 Å². The Morgan fingerprint density at radius 2 is 1.88 bits per heavy atom. The fraction of sp³-hybridized carbons (Fsp3) is 0. The van der Waals surface area contributed by atoms with Crippen molar-refractivity contribution in [3.05, 3.63) is 62.5 Å². The van der Waals surface area contributed by atoms with Crippen molar-refractivity contribution in [3.63, 3.8) is 0 Å². The number of hydrogen-bond acceptors (Lipinski definition) is 5. The molecule has 2 aromatic rings. The third-order valence-electron chi connectivity index (χ3n) is 3.37. The summed E-state index contributed by atoms with van der Waals surface area (Å²) in [6, 6.07) is 8.90. The molecule has 9 heteroatoms. The number of rotatable bonds is 3. The molecular formula is C17H10Cl2N2O4S. The van der Waals surface area contributed by atoms with E-state index in [1.807, 2.05) is 0 Å². The molecule has 0 saturated carbocycles. The molecule has 1 aliphatic rings. The first-order valence-corrected chi connectivity index (χ1v) is 8.72. The Bertz CT molecular complexity index is 968. The minimum atomic E-state index is -1.28. The Morgan fingerprint density at radius 3 is 2.54 bits per heavy atom. The van der Waals surface area contributed by atoms with Crippen molar-refractivity contribution in [1.29, 1.82) is 0 Å². The van der Waals surface area contributed by atoms with E-state index in [-0.39, 0.29) is 28.1 Å². The van der Waals surface area contributed by atoms with Crippen LogP contribution in [-0.4, -0.2) is 27.3 Å². The summed E-state index contributed by atoms with van der Waals surface area (Å²) >= 11 is 13.3.